The van der Waals surface area contributed by atoms with E-state index in [1.165, 1.54) is 12.0 Å². The van der Waals surface area contributed by atoms with Crippen molar-refractivity contribution in [1.82, 2.24) is 9.97 Å². The largest absolute Gasteiger partial charge is 0.481 e. The van der Waals surface area contributed by atoms with Crippen LogP contribution in [0.1, 0.15) is 18.4 Å². The number of amides is 1. The minimum absolute atomic E-state index is 0.0561. The zero-order valence-electron chi connectivity index (χ0n) is 18.7. The second-order valence-corrected chi connectivity index (χ2v) is 7.58. The van der Waals surface area contributed by atoms with Crippen LogP contribution < -0.4 is 26.8 Å². The number of benzene rings is 1. The highest BCUT2D eigenvalue weighted by Gasteiger charge is 2.29. The van der Waals surface area contributed by atoms with Crippen molar-refractivity contribution in [2.75, 3.05) is 41.5 Å². The molecule has 14 heteroatoms. The Hall–Kier alpha value is -4.62. The van der Waals surface area contributed by atoms with Gasteiger partial charge in [0.15, 0.2) is 11.7 Å². The standard InChI is InChI=1S/C21H25N7O7/c1-35-19(25-14(20(33)34)6-7-15(30)31)11-2-4-12(5-3-11)23-8-13-9-24-17-16(28(13)10-29)18(32)27-21(22)26-17/h2-5,10,13-14,23H,6-9H2,1H3,(H,30,31)(H,33,34)(H4,22,24,26,27,32)/b25-19-. The third kappa shape index (κ3) is 6.04. The minimum atomic E-state index is -1.26. The van der Waals surface area contributed by atoms with E-state index in [4.69, 9.17) is 15.6 Å². The number of methoxy groups -OCH3 is 1. The Morgan fingerprint density at radius 2 is 2.09 bits per heavy atom. The molecule has 1 aromatic heterocycles. The van der Waals surface area contributed by atoms with Crippen LogP contribution in [0, 0.1) is 0 Å². The van der Waals surface area contributed by atoms with Crippen LogP contribution >= 0.6 is 0 Å². The highest BCUT2D eigenvalue weighted by Crippen LogP contribution is 2.25. The van der Waals surface area contributed by atoms with Crippen LogP contribution in [0.5, 0.6) is 0 Å². The number of anilines is 4. The number of hydrogen-bond acceptors (Lipinski definition) is 10. The van der Waals surface area contributed by atoms with E-state index in [0.29, 0.717) is 36.6 Å². The molecule has 1 aromatic carbocycles. The van der Waals surface area contributed by atoms with Gasteiger partial charge in [0.05, 0.1) is 13.2 Å². The molecule has 35 heavy (non-hydrogen) atoms. The highest BCUT2D eigenvalue weighted by atomic mass is 16.5. The number of H-pyrrole nitrogens is 1. The fourth-order valence-corrected chi connectivity index (χ4v) is 3.52. The van der Waals surface area contributed by atoms with Crippen LogP contribution in [-0.2, 0) is 19.1 Å². The van der Waals surface area contributed by atoms with Crippen molar-refractivity contribution < 1.29 is 29.3 Å². The lowest BCUT2D eigenvalue weighted by atomic mass is 10.1. The van der Waals surface area contributed by atoms with Crippen molar-refractivity contribution in [1.29, 1.82) is 0 Å². The van der Waals surface area contributed by atoms with Gasteiger partial charge in [0.1, 0.15) is 5.82 Å². The predicted molar refractivity (Wildman–Crippen MR) is 127 cm³/mol. The lowest BCUT2D eigenvalue weighted by Crippen LogP contribution is -2.50. The van der Waals surface area contributed by atoms with E-state index in [-0.39, 0.29) is 30.4 Å². The maximum atomic E-state index is 12.2. The van der Waals surface area contributed by atoms with Crippen molar-refractivity contribution >= 4 is 47.4 Å². The number of nitrogens with zero attached hydrogens (tertiary/aromatic N) is 3. The van der Waals surface area contributed by atoms with Gasteiger partial charge in [-0.15, -0.1) is 0 Å². The minimum Gasteiger partial charge on any atom is -0.481 e. The zero-order valence-corrected chi connectivity index (χ0v) is 18.7. The van der Waals surface area contributed by atoms with E-state index < -0.39 is 29.6 Å². The maximum Gasteiger partial charge on any atom is 0.328 e. The fourth-order valence-electron chi connectivity index (χ4n) is 3.52. The normalized spacial score (nSPS) is 16.0. The van der Waals surface area contributed by atoms with E-state index in [9.17, 15) is 24.3 Å². The number of aliphatic imine (C=N–C) groups is 1. The van der Waals surface area contributed by atoms with Gasteiger partial charge >= 0.3 is 17.5 Å². The smallest absolute Gasteiger partial charge is 0.328 e. The van der Waals surface area contributed by atoms with Gasteiger partial charge in [-0.25, -0.2) is 9.79 Å². The summed E-state index contributed by atoms with van der Waals surface area (Å²) in [5.74, 6) is -2.04. The molecule has 186 valence electrons. The van der Waals surface area contributed by atoms with E-state index in [1.807, 2.05) is 0 Å². The Morgan fingerprint density at radius 3 is 2.69 bits per heavy atom. The van der Waals surface area contributed by atoms with Crippen molar-refractivity contribution in [3.05, 3.63) is 40.2 Å². The molecule has 14 nitrogen and oxygen atoms in total. The van der Waals surface area contributed by atoms with E-state index in [2.05, 4.69) is 25.6 Å². The van der Waals surface area contributed by atoms with Crippen molar-refractivity contribution in [3.8, 4) is 0 Å². The lowest BCUT2D eigenvalue weighted by Gasteiger charge is -2.34. The Labute approximate surface area is 198 Å². The third-order valence-corrected chi connectivity index (χ3v) is 5.25. The summed E-state index contributed by atoms with van der Waals surface area (Å²) in [7, 11) is 1.34. The molecule has 1 amide bonds. The molecule has 1 aliphatic heterocycles. The van der Waals surface area contributed by atoms with Gasteiger partial charge in [0, 0.05) is 30.8 Å². The quantitative estimate of drug-likeness (QED) is 0.148. The summed E-state index contributed by atoms with van der Waals surface area (Å²) in [6.07, 6.45) is 0.0502. The number of aliphatic carboxylic acids is 2. The number of nitrogens with two attached hydrogens (primary N) is 1. The van der Waals surface area contributed by atoms with E-state index in [1.54, 1.807) is 24.3 Å². The Morgan fingerprint density at radius 1 is 1.37 bits per heavy atom. The lowest BCUT2D eigenvalue weighted by molar-refractivity contribution is -0.139. The second-order valence-electron chi connectivity index (χ2n) is 7.58. The molecule has 0 saturated heterocycles. The monoisotopic (exact) mass is 487 g/mol. The summed E-state index contributed by atoms with van der Waals surface area (Å²) < 4.78 is 5.22. The van der Waals surface area contributed by atoms with Crippen molar-refractivity contribution in [3.63, 3.8) is 0 Å². The predicted octanol–water partition coefficient (Wildman–Crippen LogP) is -0.0679. The molecule has 0 saturated carbocycles. The van der Waals surface area contributed by atoms with E-state index in [0.717, 1.165) is 0 Å². The molecule has 2 atom stereocenters. The molecular formula is C21H25N7O7. The highest BCUT2D eigenvalue weighted by molar-refractivity contribution is 5.96. The van der Waals surface area contributed by atoms with Gasteiger partial charge in [0.2, 0.25) is 18.3 Å². The summed E-state index contributed by atoms with van der Waals surface area (Å²) >= 11 is 0. The number of carboxylic acid groups (broad SMARTS) is 2. The number of carbonyl (C=O) groups excluding carboxylic acids is 1. The van der Waals surface area contributed by atoms with Crippen LogP contribution in [0.4, 0.5) is 23.1 Å². The first-order valence-electron chi connectivity index (χ1n) is 10.5. The molecule has 0 aliphatic carbocycles. The van der Waals surface area contributed by atoms with Gasteiger partial charge in [-0.2, -0.15) is 4.98 Å². The summed E-state index contributed by atoms with van der Waals surface area (Å²) in [6, 6.07) is 5.08. The Balaban J connectivity index is 1.70. The number of ether oxygens (including phenoxy) is 1. The number of carboxylic acids is 2. The number of hydrogen-bond donors (Lipinski definition) is 6. The Kier molecular flexibility index (Phi) is 7.86. The van der Waals surface area contributed by atoms with Crippen molar-refractivity contribution in [2.24, 2.45) is 4.99 Å². The van der Waals surface area contributed by atoms with Crippen molar-refractivity contribution in [2.45, 2.75) is 24.9 Å². The van der Waals surface area contributed by atoms with Crippen LogP contribution in [0.2, 0.25) is 0 Å². The average molecular weight is 487 g/mol. The summed E-state index contributed by atoms with van der Waals surface area (Å²) in [4.78, 5) is 57.8. The molecule has 0 fully saturated rings. The van der Waals surface area contributed by atoms with Crippen LogP contribution in [0.3, 0.4) is 0 Å². The molecule has 1 aliphatic rings. The molecule has 2 heterocycles. The molecule has 0 bridgehead atoms. The molecule has 0 radical (unpaired) electrons. The molecule has 2 aromatic rings. The molecule has 0 spiro atoms. The molecular weight excluding hydrogens is 462 g/mol. The second kappa shape index (κ2) is 11.0. The fraction of sp³-hybridized carbons (Fsp3) is 0.333. The summed E-state index contributed by atoms with van der Waals surface area (Å²) in [5, 5.41) is 24.3. The first kappa shape index (κ1) is 25.0. The van der Waals surface area contributed by atoms with Gasteiger partial charge in [-0.05, 0) is 30.7 Å². The third-order valence-electron chi connectivity index (χ3n) is 5.25. The number of rotatable bonds is 10. The first-order valence-corrected chi connectivity index (χ1v) is 10.5. The van der Waals surface area contributed by atoms with Gasteiger partial charge in [-0.3, -0.25) is 14.4 Å². The maximum absolute atomic E-state index is 12.2. The number of carbonyl (C=O) groups is 3. The number of aromatic nitrogens is 2. The summed E-state index contributed by atoms with van der Waals surface area (Å²) in [6.45, 7) is 0.652. The van der Waals surface area contributed by atoms with Crippen LogP contribution in [0.25, 0.3) is 0 Å². The first-order chi connectivity index (χ1) is 16.7. The molecule has 2 unspecified atom stereocenters. The number of nitrogen functional groups attached to an aromatic ring is 1. The van der Waals surface area contributed by atoms with Gasteiger partial charge < -0.3 is 41.2 Å². The van der Waals surface area contributed by atoms with Crippen LogP contribution in [0.15, 0.2) is 34.1 Å². The zero-order chi connectivity index (χ0) is 25.5. The van der Waals surface area contributed by atoms with E-state index >= 15 is 0 Å². The number of aromatic amines is 1. The topological polar surface area (TPSA) is 212 Å². The van der Waals surface area contributed by atoms with Gasteiger partial charge in [-0.1, -0.05) is 0 Å². The SMILES string of the molecule is CO/C(=N\C(CCC(=O)O)C(=O)O)c1ccc(NCC2CNc3[nH]c(N)nc(=O)c3N2C=O)cc1. The summed E-state index contributed by atoms with van der Waals surface area (Å²) in [5.41, 5.74) is 6.20. The average Bonchev–Trinajstić information content (AvgIpc) is 2.82. The molecule has 3 rings (SSSR count). The Bertz CT molecular complexity index is 1180. The van der Waals surface area contributed by atoms with Crippen LogP contribution in [-0.4, -0.2) is 76.7 Å². The molecule has 7 N–H and O–H groups in total. The van der Waals surface area contributed by atoms with Gasteiger partial charge in [0.25, 0.3) is 0 Å². The number of nitrogens with one attached hydrogen (secondary N) is 3. The number of fused-ring (bicyclic) bond motifs is 1.